The van der Waals surface area contributed by atoms with Crippen molar-refractivity contribution in [2.45, 2.75) is 6.92 Å². The first kappa shape index (κ1) is 11.4. The Morgan fingerprint density at radius 2 is 1.93 bits per heavy atom. The summed E-state index contributed by atoms with van der Waals surface area (Å²) in [6.07, 6.45) is 3.48. The van der Waals surface area contributed by atoms with Crippen molar-refractivity contribution < 1.29 is 4.74 Å². The second-order valence-electron chi connectivity index (χ2n) is 3.37. The molecule has 0 aromatic heterocycles. The van der Waals surface area contributed by atoms with E-state index in [1.54, 1.807) is 6.26 Å². The van der Waals surface area contributed by atoms with Gasteiger partial charge in [0.15, 0.2) is 0 Å². The van der Waals surface area contributed by atoms with Gasteiger partial charge in [-0.1, -0.05) is 17.9 Å². The fraction of sp³-hybridized carbons (Fsp3) is 0.308. The van der Waals surface area contributed by atoms with Gasteiger partial charge in [0.2, 0.25) is 0 Å². The maximum Gasteiger partial charge on any atom is 0.125 e. The van der Waals surface area contributed by atoms with Crippen LogP contribution in [0.4, 0.5) is 5.69 Å². The highest BCUT2D eigenvalue weighted by Gasteiger charge is 1.92. The number of ether oxygens (including phenoxy) is 1. The van der Waals surface area contributed by atoms with E-state index in [0.29, 0.717) is 6.61 Å². The summed E-state index contributed by atoms with van der Waals surface area (Å²) in [5, 5.41) is 0. The molecule has 0 atom stereocenters. The van der Waals surface area contributed by atoms with Gasteiger partial charge in [0.25, 0.3) is 0 Å². The van der Waals surface area contributed by atoms with E-state index < -0.39 is 0 Å². The number of rotatable bonds is 4. The van der Waals surface area contributed by atoms with Gasteiger partial charge in [-0.15, -0.1) is 0 Å². The predicted octanol–water partition coefficient (Wildman–Crippen LogP) is 2.91. The van der Waals surface area contributed by atoms with Crippen molar-refractivity contribution in [1.82, 2.24) is 0 Å². The number of nitrogens with zero attached hydrogens (tertiary/aromatic N) is 1. The van der Waals surface area contributed by atoms with Crippen LogP contribution in [0, 0.1) is 0 Å². The van der Waals surface area contributed by atoms with E-state index >= 15 is 0 Å². The summed E-state index contributed by atoms with van der Waals surface area (Å²) < 4.78 is 5.04. The van der Waals surface area contributed by atoms with E-state index in [1.165, 1.54) is 5.69 Å². The lowest BCUT2D eigenvalue weighted by Crippen LogP contribution is -2.07. The molecular formula is C13H17NO. The standard InChI is InChI=1S/C13H17NO/c1-4-15-11-5-6-12-7-9-13(10-8-12)14(2)3/h6-11H,4H2,1-3H3. The molecule has 0 spiro atoms. The summed E-state index contributed by atoms with van der Waals surface area (Å²) >= 11 is 0. The van der Waals surface area contributed by atoms with Crippen LogP contribution in [0.5, 0.6) is 0 Å². The number of hydrogen-bond acceptors (Lipinski definition) is 2. The lowest BCUT2D eigenvalue weighted by atomic mass is 10.2. The number of anilines is 1. The van der Waals surface area contributed by atoms with Crippen LogP contribution in [0.25, 0.3) is 6.08 Å². The third-order valence-corrected chi connectivity index (χ3v) is 1.98. The fourth-order valence-corrected chi connectivity index (χ4v) is 1.13. The predicted molar refractivity (Wildman–Crippen MR) is 64.9 cm³/mol. The second-order valence-corrected chi connectivity index (χ2v) is 3.37. The van der Waals surface area contributed by atoms with Crippen LogP contribution >= 0.6 is 0 Å². The van der Waals surface area contributed by atoms with Gasteiger partial charge in [-0.05, 0) is 30.7 Å². The van der Waals surface area contributed by atoms with Gasteiger partial charge in [0.05, 0.1) is 6.61 Å². The Bertz CT molecular complexity index is 345. The zero-order valence-electron chi connectivity index (χ0n) is 9.53. The Morgan fingerprint density at radius 3 is 2.47 bits per heavy atom. The van der Waals surface area contributed by atoms with E-state index in [2.05, 4.69) is 34.9 Å². The topological polar surface area (TPSA) is 12.5 Å². The smallest absolute Gasteiger partial charge is 0.125 e. The Hall–Kier alpha value is -1.66. The van der Waals surface area contributed by atoms with Gasteiger partial charge < -0.3 is 9.64 Å². The Kier molecular flexibility index (Phi) is 4.52. The zero-order chi connectivity index (χ0) is 11.1. The largest absolute Gasteiger partial charge is 0.493 e. The molecule has 0 saturated heterocycles. The van der Waals surface area contributed by atoms with E-state index in [9.17, 15) is 0 Å². The fourth-order valence-electron chi connectivity index (χ4n) is 1.13. The quantitative estimate of drug-likeness (QED) is 0.551. The lowest BCUT2D eigenvalue weighted by Gasteiger charge is -2.11. The molecule has 0 aliphatic rings. The third kappa shape index (κ3) is 3.92. The Morgan fingerprint density at radius 1 is 1.27 bits per heavy atom. The molecule has 1 rings (SSSR count). The van der Waals surface area contributed by atoms with Crippen LogP contribution in [0.15, 0.2) is 36.3 Å². The van der Waals surface area contributed by atoms with Crippen LogP contribution in [-0.2, 0) is 4.74 Å². The summed E-state index contributed by atoms with van der Waals surface area (Å²) in [6.45, 7) is 2.63. The lowest BCUT2D eigenvalue weighted by molar-refractivity contribution is 0.270. The van der Waals surface area contributed by atoms with Crippen molar-refractivity contribution in [2.24, 2.45) is 0 Å². The first-order valence-electron chi connectivity index (χ1n) is 5.04. The van der Waals surface area contributed by atoms with Crippen molar-refractivity contribution >= 4 is 11.8 Å². The van der Waals surface area contributed by atoms with Gasteiger partial charge >= 0.3 is 0 Å². The number of hydrogen-bond donors (Lipinski definition) is 0. The monoisotopic (exact) mass is 203 g/mol. The highest BCUT2D eigenvalue weighted by atomic mass is 16.5. The van der Waals surface area contributed by atoms with Crippen LogP contribution in [0.1, 0.15) is 12.5 Å². The Labute approximate surface area is 91.5 Å². The first-order valence-corrected chi connectivity index (χ1v) is 5.04. The minimum Gasteiger partial charge on any atom is -0.493 e. The van der Waals surface area contributed by atoms with Gasteiger partial charge in [-0.3, -0.25) is 0 Å². The van der Waals surface area contributed by atoms with Crippen LogP contribution in [0.3, 0.4) is 0 Å². The summed E-state index contributed by atoms with van der Waals surface area (Å²) in [7, 11) is 4.06. The molecule has 15 heavy (non-hydrogen) atoms. The average molecular weight is 203 g/mol. The molecule has 0 amide bonds. The summed E-state index contributed by atoms with van der Waals surface area (Å²) in [5.41, 5.74) is 5.28. The molecule has 0 fully saturated rings. The molecule has 0 radical (unpaired) electrons. The van der Waals surface area contributed by atoms with Crippen molar-refractivity contribution in [3.05, 3.63) is 41.8 Å². The van der Waals surface area contributed by atoms with Crippen molar-refractivity contribution in [3.63, 3.8) is 0 Å². The van der Waals surface area contributed by atoms with E-state index in [-0.39, 0.29) is 0 Å². The van der Waals surface area contributed by atoms with Crippen molar-refractivity contribution in [1.29, 1.82) is 0 Å². The summed E-state index contributed by atoms with van der Waals surface area (Å²) in [4.78, 5) is 2.07. The minimum absolute atomic E-state index is 0.681. The SMILES string of the molecule is CCOC=C=Cc1ccc(N(C)C)cc1. The minimum atomic E-state index is 0.681. The van der Waals surface area contributed by atoms with Crippen LogP contribution < -0.4 is 4.90 Å². The summed E-state index contributed by atoms with van der Waals surface area (Å²) in [5.74, 6) is 0. The maximum atomic E-state index is 5.04. The van der Waals surface area contributed by atoms with Crippen LogP contribution in [0.2, 0.25) is 0 Å². The van der Waals surface area contributed by atoms with E-state index in [0.717, 1.165) is 5.56 Å². The van der Waals surface area contributed by atoms with Gasteiger partial charge in [-0.25, -0.2) is 0 Å². The van der Waals surface area contributed by atoms with Crippen molar-refractivity contribution in [3.8, 4) is 0 Å². The molecule has 0 heterocycles. The highest BCUT2D eigenvalue weighted by Crippen LogP contribution is 2.12. The third-order valence-electron chi connectivity index (χ3n) is 1.98. The molecule has 2 nitrogen and oxygen atoms in total. The molecule has 0 saturated carbocycles. The van der Waals surface area contributed by atoms with Gasteiger partial charge in [0.1, 0.15) is 6.26 Å². The highest BCUT2D eigenvalue weighted by molar-refractivity contribution is 5.54. The number of benzene rings is 1. The summed E-state index contributed by atoms with van der Waals surface area (Å²) in [6, 6.07) is 8.27. The average Bonchev–Trinajstić information content (AvgIpc) is 2.25. The first-order chi connectivity index (χ1) is 7.24. The van der Waals surface area contributed by atoms with Crippen LogP contribution in [-0.4, -0.2) is 20.7 Å². The molecule has 1 aromatic rings. The van der Waals surface area contributed by atoms with Gasteiger partial charge in [0, 0.05) is 19.8 Å². The molecule has 0 bridgehead atoms. The maximum absolute atomic E-state index is 5.04. The Balaban J connectivity index is 2.68. The van der Waals surface area contributed by atoms with E-state index in [1.807, 2.05) is 27.1 Å². The molecule has 0 aliphatic heterocycles. The molecule has 2 heteroatoms. The van der Waals surface area contributed by atoms with E-state index in [4.69, 9.17) is 4.74 Å². The van der Waals surface area contributed by atoms with Gasteiger partial charge in [-0.2, -0.15) is 0 Å². The molecule has 0 unspecified atom stereocenters. The second kappa shape index (κ2) is 5.94. The normalized spacial score (nSPS) is 9.00. The molecule has 80 valence electrons. The molecule has 1 aromatic carbocycles. The molecule has 0 aliphatic carbocycles. The van der Waals surface area contributed by atoms with Crippen molar-refractivity contribution in [2.75, 3.05) is 25.6 Å². The molecular weight excluding hydrogens is 186 g/mol. The molecule has 0 N–H and O–H groups in total. The zero-order valence-corrected chi connectivity index (χ0v) is 9.53.